The molecule has 88 valence electrons. The van der Waals surface area contributed by atoms with Gasteiger partial charge in [0.25, 0.3) is 0 Å². The van der Waals surface area contributed by atoms with Gasteiger partial charge in [0.2, 0.25) is 0 Å². The van der Waals surface area contributed by atoms with Crippen LogP contribution in [0.4, 0.5) is 0 Å². The first-order valence-corrected chi connectivity index (χ1v) is 7.29. The van der Waals surface area contributed by atoms with Crippen LogP contribution in [0.1, 0.15) is 65.2 Å². The Morgan fingerprint density at radius 1 is 1.27 bits per heavy atom. The molecule has 0 bridgehead atoms. The zero-order valence-electron chi connectivity index (χ0n) is 10.1. The van der Waals surface area contributed by atoms with E-state index in [9.17, 15) is 4.79 Å². The summed E-state index contributed by atoms with van der Waals surface area (Å²) in [7, 11) is 0. The summed E-state index contributed by atoms with van der Waals surface area (Å²) in [6.07, 6.45) is 10.7. The largest absolute Gasteiger partial charge is 0.288 e. The Morgan fingerprint density at radius 2 is 2.07 bits per heavy atom. The molecule has 0 radical (unpaired) electrons. The molecule has 1 saturated carbocycles. The van der Waals surface area contributed by atoms with Crippen LogP contribution in [0.15, 0.2) is 0 Å². The molecule has 1 rings (SSSR count). The molecular weight excluding hydrogens is 204 g/mol. The molecule has 0 N–H and O–H groups in total. The second-order valence-electron chi connectivity index (χ2n) is 4.69. The molecule has 0 amide bonds. The van der Waals surface area contributed by atoms with Gasteiger partial charge in [-0.2, -0.15) is 0 Å². The van der Waals surface area contributed by atoms with Crippen molar-refractivity contribution in [3.8, 4) is 0 Å². The van der Waals surface area contributed by atoms with E-state index >= 15 is 0 Å². The first-order chi connectivity index (χ1) is 7.24. The summed E-state index contributed by atoms with van der Waals surface area (Å²) in [5.41, 5.74) is 0. The molecule has 0 aromatic rings. The SMILES string of the molecule is CCCCCC[C@@H]1CCC[C@H]1SC(C)=O. The van der Waals surface area contributed by atoms with Crippen LogP contribution in [0.3, 0.4) is 0 Å². The van der Waals surface area contributed by atoms with E-state index < -0.39 is 0 Å². The van der Waals surface area contributed by atoms with Crippen molar-refractivity contribution in [2.45, 2.75) is 70.5 Å². The average Bonchev–Trinajstić information content (AvgIpc) is 2.59. The molecule has 1 fully saturated rings. The predicted octanol–water partition coefficient (Wildman–Crippen LogP) is 4.41. The monoisotopic (exact) mass is 228 g/mol. The maximum atomic E-state index is 11.1. The Bertz CT molecular complexity index is 191. The Kier molecular flexibility index (Phi) is 6.39. The van der Waals surface area contributed by atoms with Crippen LogP contribution in [0, 0.1) is 5.92 Å². The second-order valence-corrected chi connectivity index (χ2v) is 6.10. The molecule has 0 aliphatic heterocycles. The molecule has 2 heteroatoms. The van der Waals surface area contributed by atoms with Crippen LogP contribution in [0.5, 0.6) is 0 Å². The number of hydrogen-bond donors (Lipinski definition) is 0. The van der Waals surface area contributed by atoms with E-state index in [0.29, 0.717) is 10.4 Å². The third-order valence-corrected chi connectivity index (χ3v) is 4.59. The highest BCUT2D eigenvalue weighted by Crippen LogP contribution is 2.38. The van der Waals surface area contributed by atoms with Gasteiger partial charge >= 0.3 is 0 Å². The van der Waals surface area contributed by atoms with Gasteiger partial charge in [0.05, 0.1) is 0 Å². The smallest absolute Gasteiger partial charge is 0.186 e. The molecule has 0 heterocycles. The van der Waals surface area contributed by atoms with Gasteiger partial charge in [-0.05, 0) is 25.2 Å². The van der Waals surface area contributed by atoms with Crippen LogP contribution in [0.2, 0.25) is 0 Å². The maximum absolute atomic E-state index is 11.1. The highest BCUT2D eigenvalue weighted by atomic mass is 32.2. The van der Waals surface area contributed by atoms with E-state index in [1.807, 2.05) is 0 Å². The fourth-order valence-corrected chi connectivity index (χ4v) is 3.71. The van der Waals surface area contributed by atoms with Gasteiger partial charge in [-0.25, -0.2) is 0 Å². The average molecular weight is 228 g/mol. The predicted molar refractivity (Wildman–Crippen MR) is 68.2 cm³/mol. The Labute approximate surface area is 98.4 Å². The number of unbranched alkanes of at least 4 members (excludes halogenated alkanes) is 3. The highest BCUT2D eigenvalue weighted by Gasteiger charge is 2.28. The van der Waals surface area contributed by atoms with Gasteiger partial charge in [0.15, 0.2) is 5.12 Å². The van der Waals surface area contributed by atoms with Crippen LogP contribution in [0.25, 0.3) is 0 Å². The molecule has 0 unspecified atom stereocenters. The molecule has 0 saturated heterocycles. The van der Waals surface area contributed by atoms with Crippen LogP contribution < -0.4 is 0 Å². The summed E-state index contributed by atoms with van der Waals surface area (Å²) < 4.78 is 0. The summed E-state index contributed by atoms with van der Waals surface area (Å²) >= 11 is 1.60. The first kappa shape index (κ1) is 13.1. The summed E-state index contributed by atoms with van der Waals surface area (Å²) in [5.74, 6) is 0.829. The molecular formula is C13H24OS. The Balaban J connectivity index is 2.18. The van der Waals surface area contributed by atoms with Gasteiger partial charge < -0.3 is 0 Å². The Hall–Kier alpha value is 0.0200. The van der Waals surface area contributed by atoms with Gasteiger partial charge in [-0.1, -0.05) is 50.8 Å². The second kappa shape index (κ2) is 7.32. The summed E-state index contributed by atoms with van der Waals surface area (Å²) in [6.45, 7) is 3.96. The minimum Gasteiger partial charge on any atom is -0.288 e. The minimum absolute atomic E-state index is 0.306. The standard InChI is InChI=1S/C13H24OS/c1-3-4-5-6-8-12-9-7-10-13(12)15-11(2)14/h12-13H,3-10H2,1-2H3/t12-,13-/m1/s1. The first-order valence-electron chi connectivity index (χ1n) is 6.41. The maximum Gasteiger partial charge on any atom is 0.186 e. The van der Waals surface area contributed by atoms with Gasteiger partial charge in [0.1, 0.15) is 0 Å². The van der Waals surface area contributed by atoms with Crippen molar-refractivity contribution in [2.24, 2.45) is 5.92 Å². The van der Waals surface area contributed by atoms with E-state index in [0.717, 1.165) is 5.92 Å². The van der Waals surface area contributed by atoms with Crippen molar-refractivity contribution in [3.63, 3.8) is 0 Å². The van der Waals surface area contributed by atoms with E-state index in [-0.39, 0.29) is 0 Å². The van der Waals surface area contributed by atoms with E-state index in [1.165, 1.54) is 51.4 Å². The topological polar surface area (TPSA) is 17.1 Å². The number of hydrogen-bond acceptors (Lipinski definition) is 2. The van der Waals surface area contributed by atoms with Crippen molar-refractivity contribution >= 4 is 16.9 Å². The van der Waals surface area contributed by atoms with E-state index in [2.05, 4.69) is 6.92 Å². The van der Waals surface area contributed by atoms with Crippen LogP contribution in [-0.4, -0.2) is 10.4 Å². The third-order valence-electron chi connectivity index (χ3n) is 3.34. The lowest BCUT2D eigenvalue weighted by molar-refractivity contribution is -0.109. The molecule has 1 aliphatic rings. The lowest BCUT2D eigenvalue weighted by Gasteiger charge is -2.17. The molecule has 1 nitrogen and oxygen atoms in total. The number of thioether (sulfide) groups is 1. The highest BCUT2D eigenvalue weighted by molar-refractivity contribution is 8.14. The van der Waals surface area contributed by atoms with Crippen molar-refractivity contribution in [2.75, 3.05) is 0 Å². The lowest BCUT2D eigenvalue weighted by Crippen LogP contribution is -2.11. The van der Waals surface area contributed by atoms with Gasteiger partial charge in [0, 0.05) is 12.2 Å². The molecule has 0 aromatic carbocycles. The summed E-state index contributed by atoms with van der Waals surface area (Å²) in [5, 5.41) is 0.949. The molecule has 0 spiro atoms. The molecule has 15 heavy (non-hydrogen) atoms. The normalized spacial score (nSPS) is 25.7. The van der Waals surface area contributed by atoms with Gasteiger partial charge in [-0.15, -0.1) is 0 Å². The summed E-state index contributed by atoms with van der Waals surface area (Å²) in [6, 6.07) is 0. The lowest BCUT2D eigenvalue weighted by atomic mass is 9.99. The number of carbonyl (C=O) groups is 1. The molecule has 1 aliphatic carbocycles. The van der Waals surface area contributed by atoms with Crippen molar-refractivity contribution in [3.05, 3.63) is 0 Å². The van der Waals surface area contributed by atoms with E-state index in [4.69, 9.17) is 0 Å². The fraction of sp³-hybridized carbons (Fsp3) is 0.923. The van der Waals surface area contributed by atoms with Gasteiger partial charge in [-0.3, -0.25) is 4.79 Å². The quantitative estimate of drug-likeness (QED) is 0.627. The van der Waals surface area contributed by atoms with E-state index in [1.54, 1.807) is 18.7 Å². The van der Waals surface area contributed by atoms with Crippen molar-refractivity contribution in [1.29, 1.82) is 0 Å². The summed E-state index contributed by atoms with van der Waals surface area (Å²) in [4.78, 5) is 11.1. The van der Waals surface area contributed by atoms with Crippen LogP contribution >= 0.6 is 11.8 Å². The molecule has 2 atom stereocenters. The zero-order valence-corrected chi connectivity index (χ0v) is 10.9. The fourth-order valence-electron chi connectivity index (χ4n) is 2.53. The number of carbonyl (C=O) groups excluding carboxylic acids is 1. The number of rotatable bonds is 6. The van der Waals surface area contributed by atoms with Crippen LogP contribution in [-0.2, 0) is 4.79 Å². The van der Waals surface area contributed by atoms with Crippen molar-refractivity contribution < 1.29 is 4.79 Å². The van der Waals surface area contributed by atoms with Crippen molar-refractivity contribution in [1.82, 2.24) is 0 Å². The minimum atomic E-state index is 0.306. The molecule has 0 aromatic heterocycles. The Morgan fingerprint density at radius 3 is 2.73 bits per heavy atom. The third kappa shape index (κ3) is 5.05. The zero-order chi connectivity index (χ0) is 11.1.